The number of aromatic nitrogens is 3. The van der Waals surface area contributed by atoms with Gasteiger partial charge < -0.3 is 4.42 Å². The Labute approximate surface area is 169 Å². The van der Waals surface area contributed by atoms with E-state index >= 15 is 0 Å². The van der Waals surface area contributed by atoms with Crippen LogP contribution in [0.15, 0.2) is 63.6 Å². The number of thiophene rings is 1. The van der Waals surface area contributed by atoms with E-state index in [9.17, 15) is 5.26 Å². The van der Waals surface area contributed by atoms with Gasteiger partial charge in [0.05, 0.1) is 32.2 Å². The molecule has 0 radical (unpaired) electrons. The SMILES string of the molecule is Cc1cc(SCc2coc(-c3cccs3)n2)n2c(nc3ccccc32)c1C#N. The Kier molecular flexibility index (Phi) is 4.15. The third-order valence-corrected chi connectivity index (χ3v) is 6.40. The van der Waals surface area contributed by atoms with Crippen molar-refractivity contribution in [2.45, 2.75) is 17.7 Å². The van der Waals surface area contributed by atoms with Crippen LogP contribution >= 0.6 is 23.1 Å². The molecule has 0 aliphatic heterocycles. The largest absolute Gasteiger partial charge is 0.444 e. The molecule has 0 N–H and O–H groups in total. The summed E-state index contributed by atoms with van der Waals surface area (Å²) in [6, 6.07) is 16.3. The first-order valence-electron chi connectivity index (χ1n) is 8.66. The fourth-order valence-electron chi connectivity index (χ4n) is 3.19. The summed E-state index contributed by atoms with van der Waals surface area (Å²) in [5.41, 5.74) is 5.00. The fraction of sp³-hybridized carbons (Fsp3) is 0.0952. The van der Waals surface area contributed by atoms with Crippen molar-refractivity contribution in [2.24, 2.45) is 0 Å². The van der Waals surface area contributed by atoms with Crippen LogP contribution in [0.3, 0.4) is 0 Å². The first-order chi connectivity index (χ1) is 13.7. The van der Waals surface area contributed by atoms with Crippen molar-refractivity contribution in [3.05, 3.63) is 70.9 Å². The molecule has 4 heterocycles. The maximum atomic E-state index is 9.60. The van der Waals surface area contributed by atoms with Gasteiger partial charge in [-0.2, -0.15) is 5.26 Å². The van der Waals surface area contributed by atoms with Crippen LogP contribution in [0.4, 0.5) is 0 Å². The van der Waals surface area contributed by atoms with E-state index in [0.29, 0.717) is 22.9 Å². The van der Waals surface area contributed by atoms with E-state index in [1.165, 1.54) is 0 Å². The number of hydrogen-bond acceptors (Lipinski definition) is 6. The number of aryl methyl sites for hydroxylation is 1. The van der Waals surface area contributed by atoms with Crippen LogP contribution in [-0.2, 0) is 5.75 Å². The van der Waals surface area contributed by atoms with Gasteiger partial charge in [0, 0.05) is 5.75 Å². The molecule has 0 spiro atoms. The van der Waals surface area contributed by atoms with Gasteiger partial charge in [0.1, 0.15) is 12.3 Å². The van der Waals surface area contributed by atoms with Crippen LogP contribution in [0.25, 0.3) is 27.4 Å². The maximum Gasteiger partial charge on any atom is 0.236 e. The van der Waals surface area contributed by atoms with E-state index < -0.39 is 0 Å². The zero-order valence-electron chi connectivity index (χ0n) is 14.9. The predicted molar refractivity (Wildman–Crippen MR) is 112 cm³/mol. The number of imidazole rings is 1. The summed E-state index contributed by atoms with van der Waals surface area (Å²) >= 11 is 3.27. The number of rotatable bonds is 4. The van der Waals surface area contributed by atoms with Crippen LogP contribution in [0.1, 0.15) is 16.8 Å². The number of nitriles is 1. The molecular formula is C21H14N4OS2. The van der Waals surface area contributed by atoms with Crippen molar-refractivity contribution >= 4 is 39.8 Å². The second-order valence-electron chi connectivity index (χ2n) is 6.32. The van der Waals surface area contributed by atoms with Gasteiger partial charge >= 0.3 is 0 Å². The third kappa shape index (κ3) is 2.78. The van der Waals surface area contributed by atoms with E-state index in [1.807, 2.05) is 54.8 Å². The summed E-state index contributed by atoms with van der Waals surface area (Å²) < 4.78 is 7.69. The molecule has 0 unspecified atom stereocenters. The third-order valence-electron chi connectivity index (χ3n) is 4.50. The molecule has 0 saturated heterocycles. The monoisotopic (exact) mass is 402 g/mol. The Morgan fingerprint density at radius 1 is 1.21 bits per heavy atom. The molecule has 0 bridgehead atoms. The molecule has 0 fully saturated rings. The molecule has 5 aromatic rings. The Morgan fingerprint density at radius 2 is 2.11 bits per heavy atom. The second-order valence-corrected chi connectivity index (χ2v) is 8.27. The molecule has 0 amide bonds. The number of thioether (sulfide) groups is 1. The van der Waals surface area contributed by atoms with Crippen LogP contribution in [0, 0.1) is 18.3 Å². The standard InChI is InChI=1S/C21H14N4OS2/c1-13-9-19(28-12-14-11-26-21(23-14)18-7-4-8-27-18)25-17-6-3-2-5-16(17)24-20(25)15(13)10-22/h2-9,11H,12H2,1H3. The van der Waals surface area contributed by atoms with E-state index in [4.69, 9.17) is 9.40 Å². The molecule has 0 aliphatic carbocycles. The fourth-order valence-corrected chi connectivity index (χ4v) is 4.85. The Balaban J connectivity index is 1.55. The van der Waals surface area contributed by atoms with Gasteiger partial charge in [-0.05, 0) is 42.1 Å². The Morgan fingerprint density at radius 3 is 2.93 bits per heavy atom. The first-order valence-corrected chi connectivity index (χ1v) is 10.5. The summed E-state index contributed by atoms with van der Waals surface area (Å²) in [4.78, 5) is 10.3. The van der Waals surface area contributed by atoms with Crippen molar-refractivity contribution in [3.8, 4) is 16.8 Å². The van der Waals surface area contributed by atoms with Crippen molar-refractivity contribution in [1.82, 2.24) is 14.4 Å². The minimum Gasteiger partial charge on any atom is -0.444 e. The van der Waals surface area contributed by atoms with Crippen LogP contribution in [0.5, 0.6) is 0 Å². The summed E-state index contributed by atoms with van der Waals surface area (Å²) in [6.45, 7) is 1.95. The highest BCUT2D eigenvalue weighted by Crippen LogP contribution is 2.32. The number of para-hydroxylation sites is 2. The summed E-state index contributed by atoms with van der Waals surface area (Å²) in [5.74, 6) is 1.32. The van der Waals surface area contributed by atoms with E-state index in [1.54, 1.807) is 29.4 Å². The zero-order chi connectivity index (χ0) is 19.1. The number of hydrogen-bond donors (Lipinski definition) is 0. The van der Waals surface area contributed by atoms with Crippen LogP contribution in [-0.4, -0.2) is 14.4 Å². The quantitative estimate of drug-likeness (QED) is 0.362. The summed E-state index contributed by atoms with van der Waals surface area (Å²) in [7, 11) is 0. The molecule has 0 saturated carbocycles. The number of fused-ring (bicyclic) bond motifs is 3. The van der Waals surface area contributed by atoms with Crippen molar-refractivity contribution in [2.75, 3.05) is 0 Å². The van der Waals surface area contributed by atoms with Crippen molar-refractivity contribution < 1.29 is 4.42 Å². The summed E-state index contributed by atoms with van der Waals surface area (Å²) in [5, 5.41) is 12.6. The molecule has 7 heteroatoms. The number of benzene rings is 1. The van der Waals surface area contributed by atoms with E-state index in [-0.39, 0.29) is 0 Å². The smallest absolute Gasteiger partial charge is 0.236 e. The molecule has 5 nitrogen and oxygen atoms in total. The van der Waals surface area contributed by atoms with Gasteiger partial charge in [-0.15, -0.1) is 23.1 Å². The number of oxazole rings is 1. The van der Waals surface area contributed by atoms with Gasteiger partial charge in [0.15, 0.2) is 5.65 Å². The lowest BCUT2D eigenvalue weighted by Gasteiger charge is -2.09. The van der Waals surface area contributed by atoms with Crippen molar-refractivity contribution in [3.63, 3.8) is 0 Å². The highest BCUT2D eigenvalue weighted by molar-refractivity contribution is 7.98. The molecule has 0 aliphatic rings. The molecule has 1 aromatic carbocycles. The van der Waals surface area contributed by atoms with Gasteiger partial charge in [-0.1, -0.05) is 18.2 Å². The minimum absolute atomic E-state index is 0.613. The number of nitrogens with zero attached hydrogens (tertiary/aromatic N) is 4. The molecule has 4 aromatic heterocycles. The van der Waals surface area contributed by atoms with Gasteiger partial charge in [-0.25, -0.2) is 9.97 Å². The molecule has 136 valence electrons. The summed E-state index contributed by atoms with van der Waals surface area (Å²) in [6.07, 6.45) is 1.71. The Hall–Kier alpha value is -3.08. The lowest BCUT2D eigenvalue weighted by atomic mass is 10.2. The van der Waals surface area contributed by atoms with Gasteiger partial charge in [-0.3, -0.25) is 4.40 Å². The van der Waals surface area contributed by atoms with Crippen LogP contribution in [0.2, 0.25) is 0 Å². The molecular weight excluding hydrogens is 388 g/mol. The molecule has 0 atom stereocenters. The van der Waals surface area contributed by atoms with E-state index in [2.05, 4.69) is 15.5 Å². The van der Waals surface area contributed by atoms with Crippen LogP contribution < -0.4 is 0 Å². The average Bonchev–Trinajstić information content (AvgIpc) is 3.44. The number of pyridine rings is 1. The predicted octanol–water partition coefficient (Wildman–Crippen LogP) is 5.68. The first kappa shape index (κ1) is 17.0. The maximum absolute atomic E-state index is 9.60. The molecule has 5 rings (SSSR count). The van der Waals surface area contributed by atoms with E-state index in [0.717, 1.165) is 32.2 Å². The van der Waals surface area contributed by atoms with Crippen molar-refractivity contribution in [1.29, 1.82) is 5.26 Å². The highest BCUT2D eigenvalue weighted by Gasteiger charge is 2.16. The minimum atomic E-state index is 0.613. The highest BCUT2D eigenvalue weighted by atomic mass is 32.2. The lowest BCUT2D eigenvalue weighted by molar-refractivity contribution is 0.575. The zero-order valence-corrected chi connectivity index (χ0v) is 16.5. The molecule has 28 heavy (non-hydrogen) atoms. The van der Waals surface area contributed by atoms with Gasteiger partial charge in [0.2, 0.25) is 5.89 Å². The van der Waals surface area contributed by atoms with Gasteiger partial charge in [0.25, 0.3) is 0 Å². The second kappa shape index (κ2) is 6.82. The average molecular weight is 403 g/mol. The topological polar surface area (TPSA) is 67.1 Å². The normalized spacial score (nSPS) is 11.3. The lowest BCUT2D eigenvalue weighted by Crippen LogP contribution is -1.97. The Bertz CT molecular complexity index is 1340.